The Morgan fingerprint density at radius 3 is 2.63 bits per heavy atom. The van der Waals surface area contributed by atoms with Gasteiger partial charge in [0.15, 0.2) is 5.82 Å². The van der Waals surface area contributed by atoms with E-state index in [1.165, 1.54) is 0 Å². The lowest BCUT2D eigenvalue weighted by atomic mass is 10.1. The van der Waals surface area contributed by atoms with Gasteiger partial charge in [-0.05, 0) is 42.8 Å². The van der Waals surface area contributed by atoms with Gasteiger partial charge in [-0.15, -0.1) is 0 Å². The molecule has 94 valence electrons. The molecule has 0 saturated heterocycles. The molecule has 2 N–H and O–H groups in total. The summed E-state index contributed by atoms with van der Waals surface area (Å²) in [5.41, 5.74) is 8.55. The first-order chi connectivity index (χ1) is 9.36. The largest absolute Gasteiger partial charge is 0.330 e. The van der Waals surface area contributed by atoms with Gasteiger partial charge in [0, 0.05) is 29.5 Å². The minimum Gasteiger partial charge on any atom is -0.330 e. The average molecular weight is 250 g/mol. The molecule has 19 heavy (non-hydrogen) atoms. The molecule has 0 radical (unpaired) electrons. The van der Waals surface area contributed by atoms with Crippen LogP contribution in [0.1, 0.15) is 5.56 Å². The summed E-state index contributed by atoms with van der Waals surface area (Å²) < 4.78 is 0. The first-order valence-corrected chi connectivity index (χ1v) is 6.23. The summed E-state index contributed by atoms with van der Waals surface area (Å²) in [5.74, 6) is 0.728. The fourth-order valence-electron chi connectivity index (χ4n) is 2.01. The Bertz CT molecular complexity index is 692. The molecule has 0 aliphatic rings. The number of nitrogens with two attached hydrogens (primary N) is 1. The fourth-order valence-corrected chi connectivity index (χ4v) is 2.01. The topological polar surface area (TPSA) is 64.7 Å². The van der Waals surface area contributed by atoms with Crippen LogP contribution in [-0.2, 0) is 6.42 Å². The quantitative estimate of drug-likeness (QED) is 0.774. The van der Waals surface area contributed by atoms with Crippen molar-refractivity contribution < 1.29 is 0 Å². The van der Waals surface area contributed by atoms with Crippen molar-refractivity contribution in [3.05, 3.63) is 54.5 Å². The van der Waals surface area contributed by atoms with Crippen LogP contribution in [0.15, 0.2) is 48.9 Å². The summed E-state index contributed by atoms with van der Waals surface area (Å²) in [4.78, 5) is 13.1. The van der Waals surface area contributed by atoms with Crippen LogP contribution in [0, 0.1) is 0 Å². The monoisotopic (exact) mass is 250 g/mol. The van der Waals surface area contributed by atoms with Crippen LogP contribution < -0.4 is 5.73 Å². The maximum atomic E-state index is 5.51. The number of hydrogen-bond donors (Lipinski definition) is 1. The summed E-state index contributed by atoms with van der Waals surface area (Å²) in [6, 6.07) is 10.0. The van der Waals surface area contributed by atoms with Crippen molar-refractivity contribution in [3.8, 4) is 11.4 Å². The molecule has 0 spiro atoms. The van der Waals surface area contributed by atoms with E-state index in [9.17, 15) is 0 Å². The van der Waals surface area contributed by atoms with E-state index < -0.39 is 0 Å². The first kappa shape index (κ1) is 11.7. The molecule has 4 nitrogen and oxygen atoms in total. The van der Waals surface area contributed by atoms with Gasteiger partial charge >= 0.3 is 0 Å². The van der Waals surface area contributed by atoms with E-state index in [4.69, 9.17) is 5.73 Å². The zero-order chi connectivity index (χ0) is 13.1. The molecule has 3 aromatic rings. The van der Waals surface area contributed by atoms with Gasteiger partial charge in [-0.3, -0.25) is 4.98 Å². The predicted molar refractivity (Wildman–Crippen MR) is 75.5 cm³/mol. The first-order valence-electron chi connectivity index (χ1n) is 6.23. The summed E-state index contributed by atoms with van der Waals surface area (Å²) in [7, 11) is 0. The van der Waals surface area contributed by atoms with E-state index in [1.54, 1.807) is 6.20 Å². The molecular weight excluding hydrogens is 236 g/mol. The minimum absolute atomic E-state index is 0.615. The molecule has 4 heteroatoms. The molecule has 0 saturated carbocycles. The highest BCUT2D eigenvalue weighted by Gasteiger charge is 2.03. The Hall–Kier alpha value is -2.33. The Kier molecular flexibility index (Phi) is 3.16. The summed E-state index contributed by atoms with van der Waals surface area (Å²) in [6.07, 6.45) is 6.27. The number of hydrogen-bond acceptors (Lipinski definition) is 4. The third kappa shape index (κ3) is 2.44. The van der Waals surface area contributed by atoms with E-state index in [-0.39, 0.29) is 0 Å². The third-order valence-electron chi connectivity index (χ3n) is 3.00. The smallest absolute Gasteiger partial charge is 0.159 e. The van der Waals surface area contributed by atoms with E-state index in [1.807, 2.05) is 36.7 Å². The minimum atomic E-state index is 0.615. The number of rotatable bonds is 3. The standard InChI is InChI=1S/C15H14N4/c16-6-5-11-9-18-15(19-10-11)13-3-4-14-12(8-13)2-1-7-17-14/h1-4,7-10H,5-6,16H2. The van der Waals surface area contributed by atoms with Crippen molar-refractivity contribution in [1.29, 1.82) is 0 Å². The van der Waals surface area contributed by atoms with Crippen LogP contribution in [-0.4, -0.2) is 21.5 Å². The van der Waals surface area contributed by atoms with Crippen LogP contribution >= 0.6 is 0 Å². The second-order valence-corrected chi connectivity index (χ2v) is 4.36. The molecule has 0 fully saturated rings. The molecule has 1 aromatic carbocycles. The molecule has 3 rings (SSSR count). The van der Waals surface area contributed by atoms with Crippen LogP contribution in [0.3, 0.4) is 0 Å². The van der Waals surface area contributed by atoms with Crippen molar-refractivity contribution in [2.75, 3.05) is 6.54 Å². The second kappa shape index (κ2) is 5.12. The lowest BCUT2D eigenvalue weighted by Gasteiger charge is -2.03. The number of benzene rings is 1. The van der Waals surface area contributed by atoms with Gasteiger partial charge in [-0.2, -0.15) is 0 Å². The lowest BCUT2D eigenvalue weighted by Crippen LogP contribution is -2.03. The Labute approximate surface area is 111 Å². The summed E-state index contributed by atoms with van der Waals surface area (Å²) in [5, 5.41) is 1.09. The SMILES string of the molecule is NCCc1cnc(-c2ccc3ncccc3c2)nc1. The van der Waals surface area contributed by atoms with Crippen molar-refractivity contribution in [1.82, 2.24) is 15.0 Å². The molecule has 0 amide bonds. The van der Waals surface area contributed by atoms with Crippen molar-refractivity contribution in [3.63, 3.8) is 0 Å². The van der Waals surface area contributed by atoms with Gasteiger partial charge in [0.25, 0.3) is 0 Å². The van der Waals surface area contributed by atoms with Crippen LogP contribution in [0.25, 0.3) is 22.3 Å². The molecule has 0 unspecified atom stereocenters. The van der Waals surface area contributed by atoms with Crippen molar-refractivity contribution in [2.45, 2.75) is 6.42 Å². The zero-order valence-corrected chi connectivity index (χ0v) is 10.5. The fraction of sp³-hybridized carbons (Fsp3) is 0.133. The highest BCUT2D eigenvalue weighted by molar-refractivity contribution is 5.82. The van der Waals surface area contributed by atoms with Crippen molar-refractivity contribution >= 4 is 10.9 Å². The maximum absolute atomic E-state index is 5.51. The lowest BCUT2D eigenvalue weighted by molar-refractivity contribution is 0.943. The molecule has 0 bridgehead atoms. The normalized spacial score (nSPS) is 10.8. The van der Waals surface area contributed by atoms with E-state index in [0.29, 0.717) is 6.54 Å². The molecular formula is C15H14N4. The zero-order valence-electron chi connectivity index (χ0n) is 10.5. The Morgan fingerprint density at radius 2 is 1.84 bits per heavy atom. The maximum Gasteiger partial charge on any atom is 0.159 e. The van der Waals surface area contributed by atoms with Gasteiger partial charge in [0.1, 0.15) is 0 Å². The van der Waals surface area contributed by atoms with Gasteiger partial charge in [0.05, 0.1) is 5.52 Å². The number of pyridine rings is 1. The molecule has 2 aromatic heterocycles. The molecule has 0 aliphatic heterocycles. The number of aromatic nitrogens is 3. The Balaban J connectivity index is 1.99. The van der Waals surface area contributed by atoms with Crippen LogP contribution in [0.5, 0.6) is 0 Å². The van der Waals surface area contributed by atoms with E-state index in [0.717, 1.165) is 34.3 Å². The highest BCUT2D eigenvalue weighted by Crippen LogP contribution is 2.20. The summed E-state index contributed by atoms with van der Waals surface area (Å²) >= 11 is 0. The second-order valence-electron chi connectivity index (χ2n) is 4.36. The van der Waals surface area contributed by atoms with Crippen LogP contribution in [0.4, 0.5) is 0 Å². The predicted octanol–water partition coefficient (Wildman–Crippen LogP) is 2.19. The van der Waals surface area contributed by atoms with E-state index in [2.05, 4.69) is 21.0 Å². The molecule has 0 aliphatic carbocycles. The summed E-state index contributed by atoms with van der Waals surface area (Å²) in [6.45, 7) is 0.615. The van der Waals surface area contributed by atoms with Gasteiger partial charge in [-0.25, -0.2) is 9.97 Å². The number of fused-ring (bicyclic) bond motifs is 1. The number of nitrogens with zero attached hydrogens (tertiary/aromatic N) is 3. The van der Waals surface area contributed by atoms with Gasteiger partial charge < -0.3 is 5.73 Å². The highest BCUT2D eigenvalue weighted by atomic mass is 14.9. The van der Waals surface area contributed by atoms with Crippen molar-refractivity contribution in [2.24, 2.45) is 5.73 Å². The van der Waals surface area contributed by atoms with Gasteiger partial charge in [0.2, 0.25) is 0 Å². The molecule has 0 atom stereocenters. The van der Waals surface area contributed by atoms with Crippen LogP contribution in [0.2, 0.25) is 0 Å². The third-order valence-corrected chi connectivity index (χ3v) is 3.00. The van der Waals surface area contributed by atoms with Gasteiger partial charge in [-0.1, -0.05) is 6.07 Å². The average Bonchev–Trinajstić information content (AvgIpc) is 2.48. The Morgan fingerprint density at radius 1 is 1.00 bits per heavy atom. The molecule has 2 heterocycles. The van der Waals surface area contributed by atoms with E-state index >= 15 is 0 Å².